The van der Waals surface area contributed by atoms with Crippen LogP contribution in [0.15, 0.2) is 47.4 Å². The van der Waals surface area contributed by atoms with Gasteiger partial charge in [-0.15, -0.1) is 0 Å². The average molecular weight is 574 g/mol. The van der Waals surface area contributed by atoms with Gasteiger partial charge in [0.25, 0.3) is 0 Å². The number of halogens is 1. The van der Waals surface area contributed by atoms with E-state index in [1.165, 1.54) is 24.3 Å². The molecule has 212 valence electrons. The van der Waals surface area contributed by atoms with Crippen molar-refractivity contribution in [3.63, 3.8) is 0 Å². The van der Waals surface area contributed by atoms with Gasteiger partial charge in [-0.05, 0) is 42.2 Å². The van der Waals surface area contributed by atoms with Gasteiger partial charge in [0.1, 0.15) is 18.5 Å². The minimum Gasteiger partial charge on any atom is -0.536 e. The molecule has 15 heteroatoms. The summed E-state index contributed by atoms with van der Waals surface area (Å²) in [6, 6.07) is 7.99. The maximum absolute atomic E-state index is 13.6. The first-order valence-electron chi connectivity index (χ1n) is 12.5. The number of carbonyl (C=O) groups is 4. The van der Waals surface area contributed by atoms with E-state index in [2.05, 4.69) is 5.32 Å². The maximum atomic E-state index is 13.6. The Bertz CT molecular complexity index is 1440. The fourth-order valence-electron chi connectivity index (χ4n) is 4.78. The first-order chi connectivity index (χ1) is 18.9. The van der Waals surface area contributed by atoms with Crippen LogP contribution in [0, 0.1) is 6.92 Å². The molecule has 2 heterocycles. The molecule has 2 aliphatic rings. The molecule has 0 saturated carbocycles. The fraction of sp³-hybridized carbons (Fsp3) is 0.360. The van der Waals surface area contributed by atoms with Crippen molar-refractivity contribution < 1.29 is 41.7 Å². The lowest BCUT2D eigenvalue weighted by atomic mass is 9.64. The number of sulfonamides is 1. The number of hydrogen-bond donors (Lipinski definition) is 3. The van der Waals surface area contributed by atoms with Crippen molar-refractivity contribution in [3.8, 4) is 5.75 Å². The zero-order valence-corrected chi connectivity index (χ0v) is 22.4. The minimum atomic E-state index is -4.03. The number of benzene rings is 2. The van der Waals surface area contributed by atoms with E-state index in [0.29, 0.717) is 17.1 Å². The number of primary sulfonamides is 1. The second kappa shape index (κ2) is 11.7. The summed E-state index contributed by atoms with van der Waals surface area (Å²) in [5.74, 6) is -2.91. The number of imide groups is 1. The molecule has 4 rings (SSSR count). The quantitative estimate of drug-likeness (QED) is 0.301. The SMILES string of the molecule is Cc1cccc2c1OB(O)[C@@H](CC(=O)C(NC(=O)N1CCN(CCF)C(=O)C1=O)c1ccc(S(N)(=O)=O)cc1)C2. The van der Waals surface area contributed by atoms with Gasteiger partial charge in [-0.1, -0.05) is 30.3 Å². The zero-order chi connectivity index (χ0) is 29.2. The van der Waals surface area contributed by atoms with E-state index in [-0.39, 0.29) is 36.5 Å². The highest BCUT2D eigenvalue weighted by Crippen LogP contribution is 2.36. The van der Waals surface area contributed by atoms with Crippen LogP contribution >= 0.6 is 0 Å². The number of rotatable bonds is 8. The van der Waals surface area contributed by atoms with Gasteiger partial charge in [-0.2, -0.15) is 0 Å². The molecule has 0 radical (unpaired) electrons. The number of nitrogens with two attached hydrogens (primary N) is 1. The molecule has 2 aromatic rings. The molecule has 12 nitrogen and oxygen atoms in total. The standard InChI is InChI=1S/C25H28BFN4O8S/c1-15-3-2-4-17-13-18(26(36)39-22(15)17)14-20(32)21(16-5-7-19(8-6-16)40(28,37)38)29-25(35)31-12-11-30(10-9-27)23(33)24(31)34/h2-8,18,21,36H,9-14H2,1H3,(H,29,35)(H2,28,37,38)/t18-,21?/m1/s1. The van der Waals surface area contributed by atoms with Crippen molar-refractivity contribution >= 4 is 40.8 Å². The number of Topliss-reactive ketones (excluding diaryl/α,β-unsaturated/α-hetero) is 1. The molecule has 4 amide bonds. The highest BCUT2D eigenvalue weighted by molar-refractivity contribution is 7.89. The third-order valence-electron chi connectivity index (χ3n) is 6.92. The zero-order valence-electron chi connectivity index (χ0n) is 21.6. The lowest BCUT2D eigenvalue weighted by Gasteiger charge is -2.33. The number of nitrogens with one attached hydrogen (secondary N) is 1. The Morgan fingerprint density at radius 2 is 1.88 bits per heavy atom. The summed E-state index contributed by atoms with van der Waals surface area (Å²) in [5, 5.41) is 18.2. The molecule has 2 atom stereocenters. The van der Waals surface area contributed by atoms with Crippen LogP contribution in [0.1, 0.15) is 29.2 Å². The molecule has 2 aromatic carbocycles. The normalized spacial score (nSPS) is 18.2. The summed E-state index contributed by atoms with van der Waals surface area (Å²) in [5.41, 5.74) is 1.81. The van der Waals surface area contributed by atoms with Crippen LogP contribution in [0.4, 0.5) is 9.18 Å². The van der Waals surface area contributed by atoms with Crippen LogP contribution in [0.3, 0.4) is 0 Å². The van der Waals surface area contributed by atoms with Crippen molar-refractivity contribution in [2.24, 2.45) is 5.14 Å². The van der Waals surface area contributed by atoms with Crippen LogP contribution in [-0.4, -0.2) is 80.3 Å². The van der Waals surface area contributed by atoms with Crippen LogP contribution in [-0.2, 0) is 30.8 Å². The van der Waals surface area contributed by atoms with Gasteiger partial charge < -0.3 is 19.9 Å². The maximum Gasteiger partial charge on any atom is 0.526 e. The van der Waals surface area contributed by atoms with Gasteiger partial charge >= 0.3 is 25.0 Å². The summed E-state index contributed by atoms with van der Waals surface area (Å²) < 4.78 is 41.7. The van der Waals surface area contributed by atoms with Crippen LogP contribution in [0.5, 0.6) is 5.75 Å². The Morgan fingerprint density at radius 3 is 2.52 bits per heavy atom. The van der Waals surface area contributed by atoms with Crippen molar-refractivity contribution in [1.29, 1.82) is 0 Å². The third-order valence-corrected chi connectivity index (χ3v) is 7.85. The number of ketones is 1. The Balaban J connectivity index is 1.57. The Kier molecular flexibility index (Phi) is 8.56. The Hall–Kier alpha value is -3.82. The van der Waals surface area contributed by atoms with Crippen LogP contribution in [0.25, 0.3) is 0 Å². The highest BCUT2D eigenvalue weighted by Gasteiger charge is 2.40. The molecular weight excluding hydrogens is 546 g/mol. The predicted octanol–water partition coefficient (Wildman–Crippen LogP) is 0.478. The highest BCUT2D eigenvalue weighted by atomic mass is 32.2. The van der Waals surface area contributed by atoms with Gasteiger partial charge in [0.2, 0.25) is 10.0 Å². The smallest absolute Gasteiger partial charge is 0.526 e. The molecule has 40 heavy (non-hydrogen) atoms. The topological polar surface area (TPSA) is 176 Å². The molecule has 1 saturated heterocycles. The van der Waals surface area contributed by atoms with Crippen molar-refractivity contribution in [2.45, 2.75) is 36.5 Å². The van der Waals surface area contributed by atoms with Crippen LogP contribution in [0.2, 0.25) is 5.82 Å². The van der Waals surface area contributed by atoms with Crippen LogP contribution < -0.4 is 15.1 Å². The first-order valence-corrected chi connectivity index (χ1v) is 14.0. The van der Waals surface area contributed by atoms with Gasteiger partial charge in [-0.3, -0.25) is 19.3 Å². The number of para-hydroxylation sites is 1. The number of alkyl halides is 1. The van der Waals surface area contributed by atoms with Gasteiger partial charge in [0.15, 0.2) is 5.78 Å². The summed E-state index contributed by atoms with van der Waals surface area (Å²) in [4.78, 5) is 52.9. The van der Waals surface area contributed by atoms with E-state index in [4.69, 9.17) is 9.79 Å². The van der Waals surface area contributed by atoms with E-state index in [0.717, 1.165) is 16.0 Å². The van der Waals surface area contributed by atoms with E-state index < -0.39 is 59.3 Å². The number of urea groups is 1. The largest absolute Gasteiger partial charge is 0.536 e. The van der Waals surface area contributed by atoms with E-state index in [1.807, 2.05) is 25.1 Å². The van der Waals surface area contributed by atoms with Gasteiger partial charge in [-0.25, -0.2) is 22.7 Å². The van der Waals surface area contributed by atoms with Crippen molar-refractivity contribution in [1.82, 2.24) is 15.1 Å². The molecule has 2 aliphatic heterocycles. The number of nitrogens with zero attached hydrogens (tertiary/aromatic N) is 2. The molecule has 1 unspecified atom stereocenters. The number of carbonyl (C=O) groups excluding carboxylic acids is 4. The number of fused-ring (bicyclic) bond motifs is 1. The molecular formula is C25H28BFN4O8S. The second-order valence-electron chi connectivity index (χ2n) is 9.64. The van der Waals surface area contributed by atoms with E-state index in [1.54, 1.807) is 0 Å². The molecule has 0 spiro atoms. The Labute approximate surface area is 230 Å². The fourth-order valence-corrected chi connectivity index (χ4v) is 5.29. The van der Waals surface area contributed by atoms with E-state index >= 15 is 0 Å². The van der Waals surface area contributed by atoms with Gasteiger partial charge in [0, 0.05) is 31.9 Å². The minimum absolute atomic E-state index is 0.0754. The molecule has 4 N–H and O–H groups in total. The molecule has 0 aromatic heterocycles. The molecule has 0 aliphatic carbocycles. The van der Waals surface area contributed by atoms with E-state index in [9.17, 15) is 37.0 Å². The summed E-state index contributed by atoms with van der Waals surface area (Å²) in [6.07, 6.45) is 0.0754. The Morgan fingerprint density at radius 1 is 1.18 bits per heavy atom. The average Bonchev–Trinajstić information content (AvgIpc) is 2.90. The molecule has 0 bridgehead atoms. The lowest BCUT2D eigenvalue weighted by Crippen LogP contribution is -2.59. The lowest BCUT2D eigenvalue weighted by molar-refractivity contribution is -0.153. The summed E-state index contributed by atoms with van der Waals surface area (Å²) in [6.45, 7) is 0.404. The third kappa shape index (κ3) is 6.16. The molecule has 1 fully saturated rings. The predicted molar refractivity (Wildman–Crippen MR) is 140 cm³/mol. The monoisotopic (exact) mass is 574 g/mol. The number of hydrogen-bond acceptors (Lipinski definition) is 8. The van der Waals surface area contributed by atoms with Crippen molar-refractivity contribution in [2.75, 3.05) is 26.3 Å². The van der Waals surface area contributed by atoms with Gasteiger partial charge in [0.05, 0.1) is 4.90 Å². The number of piperazine rings is 1. The summed E-state index contributed by atoms with van der Waals surface area (Å²) in [7, 11) is -5.34. The number of aryl methyl sites for hydroxylation is 1. The van der Waals surface area contributed by atoms with Crippen molar-refractivity contribution in [3.05, 3.63) is 59.2 Å². The first kappa shape index (κ1) is 29.2. The second-order valence-corrected chi connectivity index (χ2v) is 11.2. The summed E-state index contributed by atoms with van der Waals surface area (Å²) >= 11 is 0. The number of amides is 4.